The van der Waals surface area contributed by atoms with Gasteiger partial charge in [0.05, 0.1) is 24.6 Å². The van der Waals surface area contributed by atoms with Gasteiger partial charge in [0.1, 0.15) is 5.75 Å². The minimum atomic E-state index is -4.41. The molecule has 36 heavy (non-hydrogen) atoms. The molecule has 0 radical (unpaired) electrons. The topological polar surface area (TPSA) is 81.4 Å². The summed E-state index contributed by atoms with van der Waals surface area (Å²) in [5.41, 5.74) is 3.69. The van der Waals surface area contributed by atoms with Gasteiger partial charge in [0.25, 0.3) is 5.91 Å². The van der Waals surface area contributed by atoms with Crippen molar-refractivity contribution in [1.29, 1.82) is 0 Å². The molecule has 1 N–H and O–H groups in total. The van der Waals surface area contributed by atoms with Gasteiger partial charge in [-0.15, -0.1) is 10.2 Å². The molecular formula is C25H20F3N5O2S. The number of hydrogen-bond donors (Lipinski definition) is 1. The maximum atomic E-state index is 12.7. The van der Waals surface area contributed by atoms with Crippen molar-refractivity contribution in [3.63, 3.8) is 0 Å². The van der Waals surface area contributed by atoms with Crippen molar-refractivity contribution in [2.24, 2.45) is 5.10 Å². The minimum absolute atomic E-state index is 0.00652. The first kappa shape index (κ1) is 25.0. The van der Waals surface area contributed by atoms with Gasteiger partial charge in [0.15, 0.2) is 11.0 Å². The summed E-state index contributed by atoms with van der Waals surface area (Å²) in [5, 5.41) is 12.9. The highest BCUT2D eigenvalue weighted by Gasteiger charge is 2.29. The SMILES string of the molecule is COc1ccc(-n2c(SCC(=O)N/N=C\c3ccc(C(F)(F)F)cc3)nnc2-c2ccccc2)cc1. The lowest BCUT2D eigenvalue weighted by atomic mass is 10.1. The predicted octanol–water partition coefficient (Wildman–Crippen LogP) is 5.20. The standard InChI is InChI=1S/C25H20F3N5O2S/c1-35-21-13-11-20(12-14-21)33-23(18-5-3-2-4-6-18)31-32-24(33)36-16-22(34)30-29-15-17-7-9-19(10-8-17)25(26,27)28/h2-15H,16H2,1H3,(H,30,34)/b29-15-. The van der Waals surface area contributed by atoms with Crippen LogP contribution in [0, 0.1) is 0 Å². The summed E-state index contributed by atoms with van der Waals surface area (Å²) in [7, 11) is 1.59. The van der Waals surface area contributed by atoms with E-state index in [1.807, 2.05) is 59.2 Å². The number of methoxy groups -OCH3 is 1. The Kier molecular flexibility index (Phi) is 7.69. The third-order valence-electron chi connectivity index (χ3n) is 4.97. The van der Waals surface area contributed by atoms with Crippen molar-refractivity contribution < 1.29 is 22.7 Å². The number of halogens is 3. The zero-order valence-corrected chi connectivity index (χ0v) is 19.8. The molecular weight excluding hydrogens is 491 g/mol. The van der Waals surface area contributed by atoms with Crippen molar-refractivity contribution >= 4 is 23.9 Å². The molecule has 11 heteroatoms. The molecule has 0 saturated carbocycles. The van der Waals surface area contributed by atoms with E-state index in [-0.39, 0.29) is 5.75 Å². The van der Waals surface area contributed by atoms with Gasteiger partial charge in [-0.05, 0) is 42.0 Å². The molecule has 1 heterocycles. The van der Waals surface area contributed by atoms with Crippen LogP contribution in [-0.2, 0) is 11.0 Å². The fourth-order valence-corrected chi connectivity index (χ4v) is 3.95. The maximum Gasteiger partial charge on any atom is 0.416 e. The molecule has 0 spiro atoms. The zero-order chi connectivity index (χ0) is 25.5. The Labute approximate surface area is 209 Å². The van der Waals surface area contributed by atoms with E-state index in [0.717, 1.165) is 23.4 Å². The molecule has 0 aliphatic carbocycles. The Balaban J connectivity index is 1.45. The predicted molar refractivity (Wildman–Crippen MR) is 131 cm³/mol. The largest absolute Gasteiger partial charge is 0.497 e. The van der Waals surface area contributed by atoms with Crippen LogP contribution >= 0.6 is 11.8 Å². The van der Waals surface area contributed by atoms with Crippen LogP contribution in [-0.4, -0.2) is 39.7 Å². The van der Waals surface area contributed by atoms with Crippen LogP contribution < -0.4 is 10.2 Å². The van der Waals surface area contributed by atoms with Crippen LogP contribution in [0.15, 0.2) is 89.1 Å². The lowest BCUT2D eigenvalue weighted by Gasteiger charge is -2.11. The van der Waals surface area contributed by atoms with Crippen LogP contribution in [0.1, 0.15) is 11.1 Å². The lowest BCUT2D eigenvalue weighted by molar-refractivity contribution is -0.137. The third-order valence-corrected chi connectivity index (χ3v) is 5.90. The van der Waals surface area contributed by atoms with Crippen LogP contribution in [0.5, 0.6) is 5.75 Å². The monoisotopic (exact) mass is 511 g/mol. The Bertz CT molecular complexity index is 1340. The van der Waals surface area contributed by atoms with E-state index >= 15 is 0 Å². The molecule has 184 valence electrons. The summed E-state index contributed by atoms with van der Waals surface area (Å²) in [6, 6.07) is 21.4. The van der Waals surface area contributed by atoms with E-state index in [1.54, 1.807) is 7.11 Å². The van der Waals surface area contributed by atoms with Gasteiger partial charge in [-0.25, -0.2) is 5.43 Å². The van der Waals surface area contributed by atoms with Gasteiger partial charge in [0.2, 0.25) is 0 Å². The van der Waals surface area contributed by atoms with Gasteiger partial charge in [0, 0.05) is 11.3 Å². The molecule has 1 amide bonds. The Hall–Kier alpha value is -4.12. The lowest BCUT2D eigenvalue weighted by Crippen LogP contribution is -2.20. The van der Waals surface area contributed by atoms with E-state index in [4.69, 9.17) is 4.74 Å². The number of nitrogens with zero attached hydrogens (tertiary/aromatic N) is 4. The van der Waals surface area contributed by atoms with Crippen LogP contribution in [0.3, 0.4) is 0 Å². The van der Waals surface area contributed by atoms with Crippen LogP contribution in [0.4, 0.5) is 13.2 Å². The summed E-state index contributed by atoms with van der Waals surface area (Å²) < 4.78 is 45.1. The molecule has 0 aliphatic heterocycles. The second kappa shape index (κ2) is 11.1. The molecule has 0 saturated heterocycles. The molecule has 0 atom stereocenters. The number of benzene rings is 3. The highest BCUT2D eigenvalue weighted by atomic mass is 32.2. The molecule has 7 nitrogen and oxygen atoms in total. The Morgan fingerprint density at radius 2 is 1.72 bits per heavy atom. The quantitative estimate of drug-likeness (QED) is 0.200. The number of carbonyl (C=O) groups excluding carboxylic acids is 1. The highest BCUT2D eigenvalue weighted by Crippen LogP contribution is 2.30. The average Bonchev–Trinajstić information content (AvgIpc) is 3.32. The van der Waals surface area contributed by atoms with E-state index in [1.165, 1.54) is 30.1 Å². The molecule has 1 aromatic heterocycles. The number of hydrogen-bond acceptors (Lipinski definition) is 6. The zero-order valence-electron chi connectivity index (χ0n) is 18.9. The Morgan fingerprint density at radius 3 is 2.36 bits per heavy atom. The molecule has 4 rings (SSSR count). The third kappa shape index (κ3) is 6.11. The van der Waals surface area contributed by atoms with E-state index in [2.05, 4.69) is 20.7 Å². The van der Waals surface area contributed by atoms with Gasteiger partial charge in [-0.2, -0.15) is 18.3 Å². The number of amides is 1. The van der Waals surface area contributed by atoms with Crippen LogP contribution in [0.2, 0.25) is 0 Å². The summed E-state index contributed by atoms with van der Waals surface area (Å²) in [6.07, 6.45) is -3.13. The molecule has 0 bridgehead atoms. The Morgan fingerprint density at radius 1 is 1.03 bits per heavy atom. The molecule has 0 aliphatic rings. The van der Waals surface area contributed by atoms with Crippen molar-refractivity contribution in [3.05, 3.63) is 90.0 Å². The smallest absolute Gasteiger partial charge is 0.416 e. The van der Waals surface area contributed by atoms with Gasteiger partial charge in [-0.3, -0.25) is 9.36 Å². The fourth-order valence-electron chi connectivity index (χ4n) is 3.20. The van der Waals surface area contributed by atoms with E-state index in [9.17, 15) is 18.0 Å². The number of carbonyl (C=O) groups is 1. The summed E-state index contributed by atoms with van der Waals surface area (Å²) in [5.74, 6) is 0.901. The average molecular weight is 512 g/mol. The first-order chi connectivity index (χ1) is 17.3. The van der Waals surface area contributed by atoms with Gasteiger partial charge >= 0.3 is 6.18 Å². The number of ether oxygens (including phenoxy) is 1. The normalized spacial score (nSPS) is 11.6. The summed E-state index contributed by atoms with van der Waals surface area (Å²) in [4.78, 5) is 12.3. The number of thioether (sulfide) groups is 1. The number of rotatable bonds is 8. The number of aromatic nitrogens is 3. The highest BCUT2D eigenvalue weighted by molar-refractivity contribution is 7.99. The minimum Gasteiger partial charge on any atom is -0.497 e. The molecule has 0 unspecified atom stereocenters. The molecule has 3 aromatic carbocycles. The summed E-state index contributed by atoms with van der Waals surface area (Å²) in [6.45, 7) is 0. The van der Waals surface area contributed by atoms with Crippen molar-refractivity contribution in [2.75, 3.05) is 12.9 Å². The summed E-state index contributed by atoms with van der Waals surface area (Å²) >= 11 is 1.17. The second-order valence-corrected chi connectivity index (χ2v) is 8.35. The first-order valence-electron chi connectivity index (χ1n) is 10.6. The van der Waals surface area contributed by atoms with Crippen molar-refractivity contribution in [3.8, 4) is 22.8 Å². The molecule has 0 fully saturated rings. The number of alkyl halides is 3. The van der Waals surface area contributed by atoms with Crippen LogP contribution in [0.25, 0.3) is 17.1 Å². The second-order valence-electron chi connectivity index (χ2n) is 7.41. The van der Waals surface area contributed by atoms with Gasteiger partial charge < -0.3 is 4.74 Å². The maximum absolute atomic E-state index is 12.7. The van der Waals surface area contributed by atoms with Crippen molar-refractivity contribution in [2.45, 2.75) is 11.3 Å². The fraction of sp³-hybridized carbons (Fsp3) is 0.120. The number of hydrazone groups is 1. The van der Waals surface area contributed by atoms with E-state index in [0.29, 0.717) is 22.3 Å². The first-order valence-corrected chi connectivity index (χ1v) is 11.6. The van der Waals surface area contributed by atoms with E-state index < -0.39 is 17.6 Å². The van der Waals surface area contributed by atoms with Gasteiger partial charge in [-0.1, -0.05) is 54.2 Å². The number of nitrogens with one attached hydrogen (secondary N) is 1. The van der Waals surface area contributed by atoms with Crippen molar-refractivity contribution in [1.82, 2.24) is 20.2 Å². The molecule has 4 aromatic rings.